The van der Waals surface area contributed by atoms with Crippen molar-refractivity contribution in [3.05, 3.63) is 0 Å². The Labute approximate surface area is 85.0 Å². The van der Waals surface area contributed by atoms with Gasteiger partial charge in [-0.25, -0.2) is 0 Å². The van der Waals surface area contributed by atoms with Crippen LogP contribution in [0.3, 0.4) is 0 Å². The summed E-state index contributed by atoms with van der Waals surface area (Å²) in [6.45, 7) is 5.36. The Kier molecular flexibility index (Phi) is 1.92. The zero-order valence-corrected chi connectivity index (χ0v) is 8.67. The van der Waals surface area contributed by atoms with E-state index in [0.29, 0.717) is 5.41 Å². The first-order valence-corrected chi connectivity index (χ1v) is 5.67. The van der Waals surface area contributed by atoms with E-state index in [1.807, 2.05) is 0 Å². The topological polar surface area (TPSA) is 32.7 Å². The maximum atomic E-state index is 9.34. The lowest BCUT2D eigenvalue weighted by molar-refractivity contribution is -0.146. The molecule has 3 fully saturated rings. The first-order chi connectivity index (χ1) is 6.76. The van der Waals surface area contributed by atoms with Crippen LogP contribution in [0.5, 0.6) is 0 Å². The number of likely N-dealkylation sites (tertiary alicyclic amines) is 1. The Morgan fingerprint density at radius 3 is 2.43 bits per heavy atom. The fourth-order valence-corrected chi connectivity index (χ4v) is 2.85. The van der Waals surface area contributed by atoms with E-state index in [-0.39, 0.29) is 12.0 Å². The molecule has 1 saturated carbocycles. The van der Waals surface area contributed by atoms with Gasteiger partial charge in [0.05, 0.1) is 25.2 Å². The zero-order valence-electron chi connectivity index (χ0n) is 8.67. The Hall–Kier alpha value is -0.120. The molecule has 3 nitrogen and oxygen atoms in total. The van der Waals surface area contributed by atoms with E-state index in [4.69, 9.17) is 4.74 Å². The molecule has 0 atom stereocenters. The highest BCUT2D eigenvalue weighted by atomic mass is 16.5. The number of aliphatic hydroxyl groups excluding tert-OH is 1. The molecule has 0 unspecified atom stereocenters. The van der Waals surface area contributed by atoms with E-state index >= 15 is 0 Å². The van der Waals surface area contributed by atoms with Crippen molar-refractivity contribution >= 4 is 0 Å². The molecule has 80 valence electrons. The minimum Gasteiger partial charge on any atom is -0.396 e. The van der Waals surface area contributed by atoms with Gasteiger partial charge in [-0.1, -0.05) is 0 Å². The Bertz CT molecular complexity index is 228. The van der Waals surface area contributed by atoms with Crippen LogP contribution >= 0.6 is 0 Å². The fraction of sp³-hybridized carbons (Fsp3) is 1.00. The molecule has 3 aliphatic rings. The largest absolute Gasteiger partial charge is 0.396 e. The van der Waals surface area contributed by atoms with Crippen molar-refractivity contribution in [1.29, 1.82) is 0 Å². The normalized spacial score (nSPS) is 33.2. The van der Waals surface area contributed by atoms with Gasteiger partial charge in [0.25, 0.3) is 0 Å². The van der Waals surface area contributed by atoms with Crippen molar-refractivity contribution in [2.75, 3.05) is 39.5 Å². The van der Waals surface area contributed by atoms with Crippen LogP contribution in [0, 0.1) is 10.8 Å². The summed E-state index contributed by atoms with van der Waals surface area (Å²) in [7, 11) is 0. The van der Waals surface area contributed by atoms with E-state index in [1.54, 1.807) is 0 Å². The van der Waals surface area contributed by atoms with Gasteiger partial charge in [0, 0.05) is 13.1 Å². The maximum absolute atomic E-state index is 9.34. The molecule has 3 rings (SSSR count). The molecule has 0 aromatic rings. The second kappa shape index (κ2) is 2.94. The summed E-state index contributed by atoms with van der Waals surface area (Å²) >= 11 is 0. The Morgan fingerprint density at radius 1 is 1.21 bits per heavy atom. The second-order valence-electron chi connectivity index (χ2n) is 5.61. The number of aliphatic hydroxyl groups is 1. The summed E-state index contributed by atoms with van der Waals surface area (Å²) in [6.07, 6.45) is 4.26. The summed E-state index contributed by atoms with van der Waals surface area (Å²) in [5, 5.41) is 9.34. The van der Waals surface area contributed by atoms with Gasteiger partial charge in [-0.05, 0) is 31.2 Å². The molecule has 1 spiro atoms. The van der Waals surface area contributed by atoms with Crippen LogP contribution in [-0.4, -0.2) is 49.5 Å². The van der Waals surface area contributed by atoms with Crippen molar-refractivity contribution in [1.82, 2.24) is 4.90 Å². The molecule has 3 heteroatoms. The van der Waals surface area contributed by atoms with E-state index in [1.165, 1.54) is 32.4 Å². The highest BCUT2D eigenvalue weighted by Crippen LogP contribution is 2.53. The summed E-state index contributed by atoms with van der Waals surface area (Å²) < 4.78 is 5.22. The van der Waals surface area contributed by atoms with Crippen LogP contribution in [0.4, 0.5) is 0 Å². The van der Waals surface area contributed by atoms with Crippen molar-refractivity contribution in [3.8, 4) is 0 Å². The average Bonchev–Trinajstić information content (AvgIpc) is 2.74. The molecular weight excluding hydrogens is 178 g/mol. The molecule has 0 amide bonds. The first-order valence-electron chi connectivity index (χ1n) is 5.67. The molecule has 2 saturated heterocycles. The molecule has 0 aromatic carbocycles. The van der Waals surface area contributed by atoms with Gasteiger partial charge in [-0.2, -0.15) is 0 Å². The molecule has 2 aliphatic heterocycles. The monoisotopic (exact) mass is 197 g/mol. The molecule has 0 radical (unpaired) electrons. The van der Waals surface area contributed by atoms with Gasteiger partial charge >= 0.3 is 0 Å². The minimum atomic E-state index is 0.0837. The van der Waals surface area contributed by atoms with Gasteiger partial charge in [0.1, 0.15) is 0 Å². The summed E-state index contributed by atoms with van der Waals surface area (Å²) in [4.78, 5) is 2.53. The molecule has 0 aromatic heterocycles. The van der Waals surface area contributed by atoms with Crippen molar-refractivity contribution in [2.45, 2.75) is 19.3 Å². The van der Waals surface area contributed by atoms with Crippen LogP contribution in [-0.2, 0) is 4.74 Å². The van der Waals surface area contributed by atoms with Gasteiger partial charge in [-0.3, -0.25) is 0 Å². The zero-order chi connectivity index (χ0) is 9.65. The van der Waals surface area contributed by atoms with Crippen LogP contribution in [0.1, 0.15) is 19.3 Å². The Balaban J connectivity index is 1.57. The maximum Gasteiger partial charge on any atom is 0.0579 e. The lowest BCUT2D eigenvalue weighted by atomic mass is 9.86. The highest BCUT2D eigenvalue weighted by molar-refractivity contribution is 5.02. The molecular formula is C11H19NO2. The number of nitrogens with zero attached hydrogens (tertiary/aromatic N) is 1. The molecule has 0 bridgehead atoms. The van der Waals surface area contributed by atoms with Crippen molar-refractivity contribution in [2.24, 2.45) is 10.8 Å². The number of ether oxygens (including phenoxy) is 1. The van der Waals surface area contributed by atoms with Crippen LogP contribution in [0.2, 0.25) is 0 Å². The van der Waals surface area contributed by atoms with Gasteiger partial charge < -0.3 is 14.7 Å². The average molecular weight is 197 g/mol. The third-order valence-electron chi connectivity index (χ3n) is 4.19. The predicted octanol–water partition coefficient (Wildman–Crippen LogP) is 0.481. The van der Waals surface area contributed by atoms with Crippen molar-refractivity contribution in [3.63, 3.8) is 0 Å². The minimum absolute atomic E-state index is 0.0837. The SMILES string of the molecule is OCC1(CN2CCC3(CC3)C2)COC1. The second-order valence-corrected chi connectivity index (χ2v) is 5.61. The molecule has 1 aliphatic carbocycles. The third-order valence-corrected chi connectivity index (χ3v) is 4.19. The van der Waals surface area contributed by atoms with Crippen molar-refractivity contribution < 1.29 is 9.84 Å². The highest BCUT2D eigenvalue weighted by Gasteiger charge is 2.49. The standard InChI is InChI=1S/C11H19NO2/c13-7-11(8-14-9-11)6-12-4-3-10(5-12)1-2-10/h13H,1-9H2. The van der Waals surface area contributed by atoms with Crippen LogP contribution in [0.25, 0.3) is 0 Å². The lowest BCUT2D eigenvalue weighted by Crippen LogP contribution is -2.52. The molecule has 1 N–H and O–H groups in total. The molecule has 2 heterocycles. The van der Waals surface area contributed by atoms with Crippen LogP contribution < -0.4 is 0 Å². The fourth-order valence-electron chi connectivity index (χ4n) is 2.85. The first kappa shape index (κ1) is 9.13. The summed E-state index contributed by atoms with van der Waals surface area (Å²) in [5.41, 5.74) is 0.793. The summed E-state index contributed by atoms with van der Waals surface area (Å²) in [5.74, 6) is 0. The lowest BCUT2D eigenvalue weighted by Gasteiger charge is -2.42. The third kappa shape index (κ3) is 1.38. The number of hydrogen-bond acceptors (Lipinski definition) is 3. The van der Waals surface area contributed by atoms with Gasteiger partial charge in [0.15, 0.2) is 0 Å². The predicted molar refractivity (Wildman–Crippen MR) is 53.1 cm³/mol. The van der Waals surface area contributed by atoms with Gasteiger partial charge in [0.2, 0.25) is 0 Å². The Morgan fingerprint density at radius 2 is 2.00 bits per heavy atom. The number of hydrogen-bond donors (Lipinski definition) is 1. The summed E-state index contributed by atoms with van der Waals surface area (Å²) in [6, 6.07) is 0. The molecule has 14 heavy (non-hydrogen) atoms. The van der Waals surface area contributed by atoms with Crippen LogP contribution in [0.15, 0.2) is 0 Å². The van der Waals surface area contributed by atoms with E-state index in [9.17, 15) is 5.11 Å². The van der Waals surface area contributed by atoms with E-state index in [0.717, 1.165) is 19.8 Å². The van der Waals surface area contributed by atoms with E-state index < -0.39 is 0 Å². The number of rotatable bonds is 3. The smallest absolute Gasteiger partial charge is 0.0579 e. The van der Waals surface area contributed by atoms with E-state index in [2.05, 4.69) is 4.90 Å². The quantitative estimate of drug-likeness (QED) is 0.714. The van der Waals surface area contributed by atoms with Gasteiger partial charge in [-0.15, -0.1) is 0 Å².